The fraction of sp³-hybridized carbons (Fsp3) is 0.500. The summed E-state index contributed by atoms with van der Waals surface area (Å²) in [5.41, 5.74) is 2.99. The molecule has 8 heteroatoms. The van der Waals surface area contributed by atoms with E-state index >= 15 is 0 Å². The number of aliphatic imine (C=N–C) groups is 1. The fourth-order valence-electron chi connectivity index (χ4n) is 2.90. The van der Waals surface area contributed by atoms with Crippen molar-refractivity contribution in [1.29, 1.82) is 0 Å². The van der Waals surface area contributed by atoms with Gasteiger partial charge in [0.25, 0.3) is 0 Å². The summed E-state index contributed by atoms with van der Waals surface area (Å²) in [5.74, 6) is 1.45. The van der Waals surface area contributed by atoms with Crippen LogP contribution in [0.1, 0.15) is 37.3 Å². The number of hydrogen-bond donors (Lipinski definition) is 2. The van der Waals surface area contributed by atoms with Crippen LogP contribution in [0.5, 0.6) is 0 Å². The highest BCUT2D eigenvalue weighted by Gasteiger charge is 2.13. The van der Waals surface area contributed by atoms with Gasteiger partial charge in [0.05, 0.1) is 5.69 Å². The predicted molar refractivity (Wildman–Crippen MR) is 123 cm³/mol. The maximum absolute atomic E-state index is 13.3. The molecule has 6 nitrogen and oxygen atoms in total. The highest BCUT2D eigenvalue weighted by Crippen LogP contribution is 2.15. The number of hydrogen-bond acceptors (Lipinski definition) is 4. The van der Waals surface area contributed by atoms with Crippen LogP contribution in [0, 0.1) is 5.82 Å². The van der Waals surface area contributed by atoms with E-state index in [4.69, 9.17) is 4.52 Å². The molecule has 0 aliphatic carbocycles. The van der Waals surface area contributed by atoms with Crippen molar-refractivity contribution in [3.05, 3.63) is 47.1 Å². The van der Waals surface area contributed by atoms with Crippen molar-refractivity contribution in [2.45, 2.75) is 39.7 Å². The van der Waals surface area contributed by atoms with Crippen molar-refractivity contribution in [3.63, 3.8) is 0 Å². The second kappa shape index (κ2) is 12.6. The molecule has 0 fully saturated rings. The standard InChI is InChI=1S/C20H30FN5O.HI/c1-5-18-17(19(6-2)27-25-18)14-24-20(22-3)23-11-8-12-26(4)16-10-7-9-15(21)13-16;/h7,9-10,13H,5-6,8,11-12,14H2,1-4H3,(H2,22,23,24);1H. The van der Waals surface area contributed by atoms with Gasteiger partial charge in [-0.1, -0.05) is 25.1 Å². The molecule has 2 rings (SSSR count). The van der Waals surface area contributed by atoms with E-state index in [1.807, 2.05) is 18.0 Å². The first-order chi connectivity index (χ1) is 13.1. The Morgan fingerprint density at radius 1 is 1.25 bits per heavy atom. The quantitative estimate of drug-likeness (QED) is 0.236. The molecule has 1 aromatic heterocycles. The van der Waals surface area contributed by atoms with E-state index in [0.717, 1.165) is 61.0 Å². The van der Waals surface area contributed by atoms with E-state index in [1.54, 1.807) is 19.2 Å². The third kappa shape index (κ3) is 6.96. The second-order valence-electron chi connectivity index (χ2n) is 6.35. The molecule has 0 bridgehead atoms. The van der Waals surface area contributed by atoms with E-state index in [-0.39, 0.29) is 29.8 Å². The monoisotopic (exact) mass is 503 g/mol. The summed E-state index contributed by atoms with van der Waals surface area (Å²) in [7, 11) is 3.72. The van der Waals surface area contributed by atoms with E-state index in [9.17, 15) is 4.39 Å². The van der Waals surface area contributed by atoms with Crippen molar-refractivity contribution in [2.75, 3.05) is 32.1 Å². The summed E-state index contributed by atoms with van der Waals surface area (Å²) in [6.07, 6.45) is 2.57. The van der Waals surface area contributed by atoms with Crippen LogP contribution in [0.2, 0.25) is 0 Å². The summed E-state index contributed by atoms with van der Waals surface area (Å²) < 4.78 is 18.7. The lowest BCUT2D eigenvalue weighted by atomic mass is 10.1. The van der Waals surface area contributed by atoms with Crippen LogP contribution in [0.3, 0.4) is 0 Å². The minimum absolute atomic E-state index is 0. The van der Waals surface area contributed by atoms with Gasteiger partial charge in [-0.05, 0) is 31.0 Å². The number of rotatable bonds is 9. The molecule has 0 aliphatic heterocycles. The normalized spacial score (nSPS) is 11.1. The lowest BCUT2D eigenvalue weighted by Crippen LogP contribution is -2.38. The summed E-state index contributed by atoms with van der Waals surface area (Å²) in [6, 6.07) is 6.64. The summed E-state index contributed by atoms with van der Waals surface area (Å²) in [4.78, 5) is 6.31. The number of halogens is 2. The molecular weight excluding hydrogens is 472 g/mol. The highest BCUT2D eigenvalue weighted by atomic mass is 127. The molecule has 0 amide bonds. The van der Waals surface area contributed by atoms with E-state index in [0.29, 0.717) is 6.54 Å². The van der Waals surface area contributed by atoms with Crippen LogP contribution < -0.4 is 15.5 Å². The van der Waals surface area contributed by atoms with Crippen LogP contribution in [0.15, 0.2) is 33.8 Å². The average molecular weight is 503 g/mol. The van der Waals surface area contributed by atoms with Crippen molar-refractivity contribution < 1.29 is 8.91 Å². The third-order valence-electron chi connectivity index (χ3n) is 4.47. The van der Waals surface area contributed by atoms with E-state index in [2.05, 4.69) is 34.6 Å². The summed E-state index contributed by atoms with van der Waals surface area (Å²) in [6.45, 7) is 6.36. The molecular formula is C20H31FIN5O. The van der Waals surface area contributed by atoms with Crippen molar-refractivity contribution in [1.82, 2.24) is 15.8 Å². The number of nitrogens with one attached hydrogen (secondary N) is 2. The first kappa shape index (κ1) is 24.2. The highest BCUT2D eigenvalue weighted by molar-refractivity contribution is 14.0. The van der Waals surface area contributed by atoms with Crippen LogP contribution >= 0.6 is 24.0 Å². The van der Waals surface area contributed by atoms with Gasteiger partial charge in [-0.3, -0.25) is 4.99 Å². The van der Waals surface area contributed by atoms with Crippen molar-refractivity contribution >= 4 is 35.6 Å². The van der Waals surface area contributed by atoms with Gasteiger partial charge in [-0.2, -0.15) is 0 Å². The zero-order valence-electron chi connectivity index (χ0n) is 17.1. The van der Waals surface area contributed by atoms with Crippen LogP contribution in [-0.4, -0.2) is 38.3 Å². The number of aromatic nitrogens is 1. The van der Waals surface area contributed by atoms with Crippen molar-refractivity contribution in [2.24, 2.45) is 4.99 Å². The molecule has 28 heavy (non-hydrogen) atoms. The smallest absolute Gasteiger partial charge is 0.191 e. The van der Waals surface area contributed by atoms with Gasteiger partial charge >= 0.3 is 0 Å². The molecule has 0 spiro atoms. The lowest BCUT2D eigenvalue weighted by molar-refractivity contribution is 0.380. The molecule has 0 unspecified atom stereocenters. The first-order valence-electron chi connectivity index (χ1n) is 9.46. The Balaban J connectivity index is 0.00000392. The number of nitrogens with zero attached hydrogens (tertiary/aromatic N) is 3. The Hall–Kier alpha value is -1.84. The average Bonchev–Trinajstić information content (AvgIpc) is 3.09. The Bertz CT molecular complexity index is 728. The first-order valence-corrected chi connectivity index (χ1v) is 9.46. The number of guanidine groups is 1. The topological polar surface area (TPSA) is 65.7 Å². The van der Waals surface area contributed by atoms with Gasteiger partial charge in [-0.15, -0.1) is 24.0 Å². The van der Waals surface area contributed by atoms with Gasteiger partial charge in [0, 0.05) is 51.4 Å². The Labute approximate surface area is 184 Å². The number of anilines is 1. The SMILES string of the molecule is CCc1noc(CC)c1CNC(=NC)NCCCN(C)c1cccc(F)c1.I. The third-order valence-corrected chi connectivity index (χ3v) is 4.47. The molecule has 1 heterocycles. The Kier molecular flexibility index (Phi) is 10.9. The summed E-state index contributed by atoms with van der Waals surface area (Å²) >= 11 is 0. The molecule has 2 N–H and O–H groups in total. The molecule has 0 saturated heterocycles. The zero-order chi connectivity index (χ0) is 19.6. The molecule has 0 saturated carbocycles. The van der Waals surface area contributed by atoms with Gasteiger partial charge < -0.3 is 20.1 Å². The maximum Gasteiger partial charge on any atom is 0.191 e. The second-order valence-corrected chi connectivity index (χ2v) is 6.35. The van der Waals surface area contributed by atoms with E-state index in [1.165, 1.54) is 6.07 Å². The van der Waals surface area contributed by atoms with Crippen molar-refractivity contribution in [3.8, 4) is 0 Å². The molecule has 0 radical (unpaired) electrons. The maximum atomic E-state index is 13.3. The minimum Gasteiger partial charge on any atom is -0.374 e. The number of aryl methyl sites for hydroxylation is 2. The Morgan fingerprint density at radius 3 is 2.68 bits per heavy atom. The zero-order valence-corrected chi connectivity index (χ0v) is 19.4. The summed E-state index contributed by atoms with van der Waals surface area (Å²) in [5, 5.41) is 10.8. The molecule has 0 atom stereocenters. The molecule has 156 valence electrons. The van der Waals surface area contributed by atoms with Crippen LogP contribution in [0.25, 0.3) is 0 Å². The fourth-order valence-corrected chi connectivity index (χ4v) is 2.90. The lowest BCUT2D eigenvalue weighted by Gasteiger charge is -2.20. The predicted octanol–water partition coefficient (Wildman–Crippen LogP) is 3.75. The van der Waals surface area contributed by atoms with Crippen LogP contribution in [-0.2, 0) is 19.4 Å². The van der Waals surface area contributed by atoms with Gasteiger partial charge in [-0.25, -0.2) is 4.39 Å². The minimum atomic E-state index is -0.214. The largest absolute Gasteiger partial charge is 0.374 e. The molecule has 1 aromatic carbocycles. The van der Waals surface area contributed by atoms with Gasteiger partial charge in [0.15, 0.2) is 5.96 Å². The van der Waals surface area contributed by atoms with Gasteiger partial charge in [0.1, 0.15) is 11.6 Å². The number of benzene rings is 1. The molecule has 2 aromatic rings. The Morgan fingerprint density at radius 2 is 2.04 bits per heavy atom. The van der Waals surface area contributed by atoms with Crippen LogP contribution in [0.4, 0.5) is 10.1 Å². The van der Waals surface area contributed by atoms with E-state index < -0.39 is 0 Å². The van der Waals surface area contributed by atoms with Gasteiger partial charge in [0.2, 0.25) is 0 Å². The molecule has 0 aliphatic rings.